The molecule has 0 bridgehead atoms. The molecule has 0 atom stereocenters. The highest BCUT2D eigenvalue weighted by molar-refractivity contribution is 5.98. The van der Waals surface area contributed by atoms with Gasteiger partial charge in [-0.2, -0.15) is 0 Å². The third-order valence-electron chi connectivity index (χ3n) is 4.94. The number of likely N-dealkylation sites (tertiary alicyclic amines) is 1. The summed E-state index contributed by atoms with van der Waals surface area (Å²) in [6, 6.07) is 14.5. The van der Waals surface area contributed by atoms with Crippen molar-refractivity contribution in [2.45, 2.75) is 12.8 Å². The van der Waals surface area contributed by atoms with Crippen LogP contribution in [0.1, 0.15) is 34.6 Å². The third-order valence-corrected chi connectivity index (χ3v) is 4.94. The normalized spacial score (nSPS) is 14.9. The summed E-state index contributed by atoms with van der Waals surface area (Å²) in [5.41, 5.74) is 3.32. The number of benzene rings is 1. The molecule has 0 radical (unpaired) electrons. The lowest BCUT2D eigenvalue weighted by molar-refractivity contribution is -0.127. The minimum absolute atomic E-state index is 0.0540. The molecule has 1 aromatic heterocycles. The molecule has 3 rings (SSSR count). The van der Waals surface area contributed by atoms with Gasteiger partial charge < -0.3 is 4.90 Å². The average Bonchev–Trinajstić information content (AvgIpc) is 2.81. The number of rotatable bonds is 6. The number of piperidine rings is 1. The first-order chi connectivity index (χ1) is 14.6. The fraction of sp³-hybridized carbons (Fsp3) is 0.217. The summed E-state index contributed by atoms with van der Waals surface area (Å²) in [6.07, 6.45) is 7.00. The van der Waals surface area contributed by atoms with Crippen LogP contribution in [-0.2, 0) is 9.59 Å². The number of pyridine rings is 1. The Morgan fingerprint density at radius 1 is 0.933 bits per heavy atom. The summed E-state index contributed by atoms with van der Waals surface area (Å²) < 4.78 is 0. The van der Waals surface area contributed by atoms with E-state index in [1.54, 1.807) is 29.2 Å². The van der Waals surface area contributed by atoms with Crippen molar-refractivity contribution in [1.82, 2.24) is 15.4 Å². The summed E-state index contributed by atoms with van der Waals surface area (Å²) in [7, 11) is 0. The van der Waals surface area contributed by atoms with Crippen molar-refractivity contribution >= 4 is 29.7 Å². The number of amides is 2. The topological polar surface area (TPSA) is 99.6 Å². The van der Waals surface area contributed by atoms with Crippen LogP contribution in [0.5, 0.6) is 0 Å². The van der Waals surface area contributed by atoms with Gasteiger partial charge in [0.2, 0.25) is 5.91 Å². The molecule has 0 spiro atoms. The van der Waals surface area contributed by atoms with E-state index in [0.29, 0.717) is 37.3 Å². The number of carbonyl (C=O) groups excluding carboxylic acids is 3. The molecule has 7 heteroatoms. The number of hydroxylamine groups is 1. The number of hydrogen-bond acceptors (Lipinski definition) is 5. The van der Waals surface area contributed by atoms with Gasteiger partial charge in [-0.3, -0.25) is 19.6 Å². The number of hydrogen-bond donors (Lipinski definition) is 2. The molecule has 2 amide bonds. The van der Waals surface area contributed by atoms with Crippen LogP contribution in [0.4, 0.5) is 0 Å². The van der Waals surface area contributed by atoms with Gasteiger partial charge in [-0.1, -0.05) is 36.4 Å². The Bertz CT molecular complexity index is 961. The van der Waals surface area contributed by atoms with Crippen LogP contribution in [0.15, 0.2) is 60.7 Å². The fourth-order valence-corrected chi connectivity index (χ4v) is 3.32. The molecule has 2 aromatic rings. The monoisotopic (exact) mass is 405 g/mol. The van der Waals surface area contributed by atoms with Gasteiger partial charge in [0.05, 0.1) is 11.4 Å². The molecule has 7 nitrogen and oxygen atoms in total. The highest BCUT2D eigenvalue weighted by atomic mass is 16.5. The molecule has 154 valence electrons. The van der Waals surface area contributed by atoms with Crippen LogP contribution in [0.25, 0.3) is 12.2 Å². The van der Waals surface area contributed by atoms with Gasteiger partial charge in [-0.05, 0) is 37.1 Å². The van der Waals surface area contributed by atoms with Crippen molar-refractivity contribution in [2.24, 2.45) is 5.92 Å². The molecule has 1 aromatic carbocycles. The van der Waals surface area contributed by atoms with Crippen molar-refractivity contribution in [1.29, 1.82) is 0 Å². The lowest BCUT2D eigenvalue weighted by Crippen LogP contribution is -2.39. The van der Waals surface area contributed by atoms with Crippen LogP contribution in [0.2, 0.25) is 0 Å². The highest BCUT2D eigenvalue weighted by Crippen LogP contribution is 2.22. The van der Waals surface area contributed by atoms with E-state index < -0.39 is 5.91 Å². The van der Waals surface area contributed by atoms with E-state index in [1.807, 2.05) is 30.3 Å². The second-order valence-corrected chi connectivity index (χ2v) is 6.96. The maximum atomic E-state index is 12.6. The van der Waals surface area contributed by atoms with E-state index in [1.165, 1.54) is 17.6 Å². The van der Waals surface area contributed by atoms with Gasteiger partial charge in [-0.15, -0.1) is 0 Å². The molecule has 1 fully saturated rings. The maximum Gasteiger partial charge on any atom is 0.267 e. The molecular formula is C23H23N3O4. The van der Waals surface area contributed by atoms with E-state index in [2.05, 4.69) is 4.98 Å². The standard InChI is InChI=1S/C23H23N3O4/c27-21(25-30)11-9-19-7-4-8-20(24-19)10-12-22(28)26-15-13-18(14-16-26)23(29)17-5-2-1-3-6-17/h1-12,18,30H,13-16H2,(H,25,27)/b11-9+,12-10+. The minimum atomic E-state index is -0.651. The van der Waals surface area contributed by atoms with Crippen molar-refractivity contribution in [3.63, 3.8) is 0 Å². The Morgan fingerprint density at radius 2 is 1.57 bits per heavy atom. The van der Waals surface area contributed by atoms with Crippen LogP contribution < -0.4 is 5.48 Å². The number of ketones is 1. The van der Waals surface area contributed by atoms with E-state index in [4.69, 9.17) is 5.21 Å². The van der Waals surface area contributed by atoms with E-state index >= 15 is 0 Å². The second-order valence-electron chi connectivity index (χ2n) is 6.96. The van der Waals surface area contributed by atoms with E-state index in [0.717, 1.165) is 11.6 Å². The summed E-state index contributed by atoms with van der Waals surface area (Å²) in [4.78, 5) is 42.1. The zero-order valence-corrected chi connectivity index (χ0v) is 16.4. The summed E-state index contributed by atoms with van der Waals surface area (Å²) >= 11 is 0. The molecule has 30 heavy (non-hydrogen) atoms. The molecule has 1 aliphatic rings. The zero-order valence-electron chi connectivity index (χ0n) is 16.4. The first-order valence-electron chi connectivity index (χ1n) is 9.72. The second kappa shape index (κ2) is 10.3. The molecule has 2 heterocycles. The Balaban J connectivity index is 1.54. The zero-order chi connectivity index (χ0) is 21.3. The minimum Gasteiger partial charge on any atom is -0.339 e. The van der Waals surface area contributed by atoms with E-state index in [9.17, 15) is 14.4 Å². The van der Waals surface area contributed by atoms with Crippen LogP contribution in [0, 0.1) is 5.92 Å². The van der Waals surface area contributed by atoms with E-state index in [-0.39, 0.29) is 17.6 Å². The molecular weight excluding hydrogens is 382 g/mol. The van der Waals surface area contributed by atoms with Gasteiger partial charge in [0.15, 0.2) is 5.78 Å². The predicted molar refractivity (Wildman–Crippen MR) is 112 cm³/mol. The van der Waals surface area contributed by atoms with Crippen LogP contribution in [0.3, 0.4) is 0 Å². The predicted octanol–water partition coefficient (Wildman–Crippen LogP) is 2.73. The average molecular weight is 405 g/mol. The Kier molecular flexibility index (Phi) is 7.24. The van der Waals surface area contributed by atoms with Crippen LogP contribution >= 0.6 is 0 Å². The van der Waals surface area contributed by atoms with Gasteiger partial charge in [0.25, 0.3) is 5.91 Å². The van der Waals surface area contributed by atoms with Crippen molar-refractivity contribution in [3.8, 4) is 0 Å². The van der Waals surface area contributed by atoms with Crippen molar-refractivity contribution in [3.05, 3.63) is 77.6 Å². The summed E-state index contributed by atoms with van der Waals surface area (Å²) in [6.45, 7) is 1.08. The number of nitrogens with zero attached hydrogens (tertiary/aromatic N) is 2. The molecule has 2 N–H and O–H groups in total. The largest absolute Gasteiger partial charge is 0.339 e. The van der Waals surface area contributed by atoms with Gasteiger partial charge in [0, 0.05) is 36.7 Å². The number of carbonyl (C=O) groups is 3. The first kappa shape index (κ1) is 21.1. The Morgan fingerprint density at radius 3 is 2.20 bits per heavy atom. The number of Topliss-reactive ketones (excluding diaryl/α,β-unsaturated/α-hetero) is 1. The number of aromatic nitrogens is 1. The smallest absolute Gasteiger partial charge is 0.267 e. The fourth-order valence-electron chi connectivity index (χ4n) is 3.32. The summed E-state index contributed by atoms with van der Waals surface area (Å²) in [5.74, 6) is -0.686. The van der Waals surface area contributed by atoms with Crippen molar-refractivity contribution < 1.29 is 19.6 Å². The third kappa shape index (κ3) is 5.71. The SMILES string of the molecule is O=C(/C=C/c1cccc(/C=C/C(=O)N2CCC(C(=O)c3ccccc3)CC2)n1)NO. The lowest BCUT2D eigenvalue weighted by Gasteiger charge is -2.30. The van der Waals surface area contributed by atoms with Crippen molar-refractivity contribution in [2.75, 3.05) is 13.1 Å². The molecule has 1 aliphatic heterocycles. The van der Waals surface area contributed by atoms with Gasteiger partial charge in [0.1, 0.15) is 0 Å². The highest BCUT2D eigenvalue weighted by Gasteiger charge is 2.27. The number of nitrogens with one attached hydrogen (secondary N) is 1. The quantitative estimate of drug-likeness (QED) is 0.333. The Hall–Kier alpha value is -3.58. The molecule has 0 aliphatic carbocycles. The van der Waals surface area contributed by atoms with Crippen LogP contribution in [-0.4, -0.2) is 45.8 Å². The first-order valence-corrected chi connectivity index (χ1v) is 9.72. The van der Waals surface area contributed by atoms with Gasteiger partial charge >= 0.3 is 0 Å². The molecule has 0 saturated carbocycles. The summed E-state index contributed by atoms with van der Waals surface area (Å²) in [5, 5.41) is 8.50. The maximum absolute atomic E-state index is 12.6. The lowest BCUT2D eigenvalue weighted by atomic mass is 9.89. The molecule has 0 unspecified atom stereocenters. The molecule has 1 saturated heterocycles. The Labute approximate surface area is 174 Å². The van der Waals surface area contributed by atoms with Gasteiger partial charge in [-0.25, -0.2) is 10.5 Å².